The molecule has 248 valence electrons. The Morgan fingerprint density at radius 1 is 1.20 bits per heavy atom. The molecule has 2 aromatic rings. The molecule has 1 unspecified atom stereocenters. The molecule has 0 bridgehead atoms. The summed E-state index contributed by atoms with van der Waals surface area (Å²) in [5, 5.41) is 14.1. The number of anilines is 2. The lowest BCUT2D eigenvalue weighted by molar-refractivity contribution is -0.144. The predicted octanol–water partition coefficient (Wildman–Crippen LogP) is 5.02. The van der Waals surface area contributed by atoms with E-state index in [-0.39, 0.29) is 24.1 Å². The number of rotatable bonds is 12. The van der Waals surface area contributed by atoms with Crippen molar-refractivity contribution in [3.8, 4) is 5.75 Å². The van der Waals surface area contributed by atoms with Gasteiger partial charge in [0.15, 0.2) is 0 Å². The van der Waals surface area contributed by atoms with E-state index in [1.165, 1.54) is 12.0 Å². The van der Waals surface area contributed by atoms with Crippen LogP contribution in [0.4, 0.5) is 11.5 Å². The summed E-state index contributed by atoms with van der Waals surface area (Å²) in [4.78, 5) is 35.9. The number of nitrogens with one attached hydrogen (secondary N) is 1. The normalized spacial score (nSPS) is 24.2. The van der Waals surface area contributed by atoms with Gasteiger partial charge in [-0.2, -0.15) is 0 Å². The first-order valence-corrected chi connectivity index (χ1v) is 17.3. The number of benzene rings is 1. The van der Waals surface area contributed by atoms with E-state index in [1.807, 2.05) is 29.0 Å². The number of carbonyl (C=O) groups excluding carboxylic acids is 1. The molecule has 1 saturated heterocycles. The number of fused-ring (bicyclic) bond motifs is 3. The van der Waals surface area contributed by atoms with E-state index in [4.69, 9.17) is 19.2 Å². The lowest BCUT2D eigenvalue weighted by Crippen LogP contribution is -2.43. The van der Waals surface area contributed by atoms with Crippen molar-refractivity contribution in [1.29, 1.82) is 0 Å². The molecule has 10 heteroatoms. The van der Waals surface area contributed by atoms with E-state index in [0.717, 1.165) is 99.9 Å². The zero-order chi connectivity index (χ0) is 31.8. The average Bonchev–Trinajstić information content (AvgIpc) is 3.66. The lowest BCUT2D eigenvalue weighted by Gasteiger charge is -2.33. The fourth-order valence-electron chi connectivity index (χ4n) is 8.35. The van der Waals surface area contributed by atoms with Crippen LogP contribution in [0.25, 0.3) is 0 Å². The first kappa shape index (κ1) is 31.4. The number of pyridine rings is 1. The highest BCUT2D eigenvalue weighted by molar-refractivity contribution is 6.11. The van der Waals surface area contributed by atoms with Crippen molar-refractivity contribution >= 4 is 23.4 Å². The first-order valence-electron chi connectivity index (χ1n) is 17.3. The predicted molar refractivity (Wildman–Crippen MR) is 175 cm³/mol. The van der Waals surface area contributed by atoms with Crippen molar-refractivity contribution in [2.24, 2.45) is 0 Å². The van der Waals surface area contributed by atoms with Crippen molar-refractivity contribution in [2.75, 3.05) is 50.7 Å². The van der Waals surface area contributed by atoms with Gasteiger partial charge in [0, 0.05) is 50.2 Å². The highest BCUT2D eigenvalue weighted by Gasteiger charge is 2.62. The molecule has 10 nitrogen and oxygen atoms in total. The van der Waals surface area contributed by atoms with Crippen molar-refractivity contribution < 1.29 is 28.9 Å². The van der Waals surface area contributed by atoms with Crippen LogP contribution in [-0.4, -0.2) is 85.6 Å². The Morgan fingerprint density at radius 2 is 2.02 bits per heavy atom. The molecule has 5 aliphatic rings. The molecule has 1 aromatic heterocycles. The largest absolute Gasteiger partial charge is 0.497 e. The molecule has 3 atom stereocenters. The van der Waals surface area contributed by atoms with E-state index in [9.17, 15) is 14.7 Å². The summed E-state index contributed by atoms with van der Waals surface area (Å²) < 4.78 is 17.6. The number of aliphatic carboxylic acids is 1. The van der Waals surface area contributed by atoms with Crippen molar-refractivity contribution in [3.05, 3.63) is 46.6 Å². The first-order chi connectivity index (χ1) is 22.4. The van der Waals surface area contributed by atoms with E-state index < -0.39 is 17.4 Å². The topological polar surface area (TPSA) is 113 Å². The number of carboxylic acid groups (broad SMARTS) is 1. The molecule has 3 aliphatic heterocycles. The molecule has 2 saturated carbocycles. The van der Waals surface area contributed by atoms with Gasteiger partial charge in [-0.05, 0) is 113 Å². The van der Waals surface area contributed by atoms with Crippen LogP contribution in [0, 0.1) is 0 Å². The number of aryl methyl sites for hydroxylation is 2. The Hall–Kier alpha value is -3.21. The minimum Gasteiger partial charge on any atom is -0.497 e. The van der Waals surface area contributed by atoms with Gasteiger partial charge in [0.05, 0.1) is 24.3 Å². The van der Waals surface area contributed by atoms with Crippen LogP contribution in [0.1, 0.15) is 92.6 Å². The molecular weight excluding hydrogens is 584 g/mol. The Labute approximate surface area is 271 Å². The molecule has 1 spiro atoms. The minimum absolute atomic E-state index is 0.0555. The zero-order valence-corrected chi connectivity index (χ0v) is 27.3. The van der Waals surface area contributed by atoms with E-state index >= 15 is 0 Å². The van der Waals surface area contributed by atoms with Crippen molar-refractivity contribution in [3.63, 3.8) is 0 Å². The second-order valence-electron chi connectivity index (χ2n) is 13.9. The highest BCUT2D eigenvalue weighted by atomic mass is 16.5. The molecule has 1 amide bonds. The summed E-state index contributed by atoms with van der Waals surface area (Å²) in [5.41, 5.74) is 4.26. The van der Waals surface area contributed by atoms with Gasteiger partial charge in [-0.1, -0.05) is 6.07 Å². The average molecular weight is 633 g/mol. The van der Waals surface area contributed by atoms with Gasteiger partial charge in [-0.3, -0.25) is 14.5 Å². The number of hydrogen-bond donors (Lipinski definition) is 2. The van der Waals surface area contributed by atoms with Crippen LogP contribution < -0.4 is 15.0 Å². The van der Waals surface area contributed by atoms with E-state index in [2.05, 4.69) is 17.4 Å². The minimum atomic E-state index is -0.902. The third-order valence-electron chi connectivity index (χ3n) is 11.0. The fourth-order valence-corrected chi connectivity index (χ4v) is 8.35. The highest BCUT2D eigenvalue weighted by Crippen LogP contribution is 2.61. The van der Waals surface area contributed by atoms with E-state index in [0.29, 0.717) is 31.1 Å². The molecular formula is C36H48N4O6. The number of likely N-dealkylation sites (N-methyl/N-ethyl adjacent to an activating group) is 1. The Kier molecular flexibility index (Phi) is 8.96. The standard InChI is InChI=1S/C36H48N4O6/c1-39(26-10-11-27(20-26)46-17-4-3-7-24-9-8-23-6-5-16-37-33(23)38-24)32(34(41)42)29-21-28(44-2)22-30-31(29)36(14-15-36)35(43)40(30)25-12-18-45-19-13-25/h8-9,21-22,25-27,32H,3-7,10-20H2,1-2H3,(H,37,38)(H,41,42)/t26-,27-,32?/m0/s1. The molecule has 0 radical (unpaired) electrons. The van der Waals surface area contributed by atoms with Crippen LogP contribution in [-0.2, 0) is 37.3 Å². The second kappa shape index (κ2) is 13.1. The number of carbonyl (C=O) groups is 2. The van der Waals surface area contributed by atoms with Gasteiger partial charge in [0.1, 0.15) is 17.6 Å². The number of hydrogen-bond acceptors (Lipinski definition) is 8. The quantitative estimate of drug-likeness (QED) is 0.311. The maximum Gasteiger partial charge on any atom is 0.325 e. The zero-order valence-electron chi connectivity index (χ0n) is 27.3. The van der Waals surface area contributed by atoms with E-state index in [1.54, 1.807) is 7.11 Å². The fraction of sp³-hybridized carbons (Fsp3) is 0.639. The van der Waals surface area contributed by atoms with Gasteiger partial charge < -0.3 is 29.5 Å². The molecule has 4 heterocycles. The SMILES string of the molecule is COc1cc(C(C(=O)O)N(C)[C@H]2CC[C@H](OCCCCc3ccc4c(n3)NCCC4)C2)c2c(c1)N(C1CCOCC1)C(=O)C21CC1. The number of ether oxygens (including phenoxy) is 3. The maximum atomic E-state index is 14.0. The van der Waals surface area contributed by atoms with Crippen LogP contribution in [0.2, 0.25) is 0 Å². The summed E-state index contributed by atoms with van der Waals surface area (Å²) >= 11 is 0. The Morgan fingerprint density at radius 3 is 2.78 bits per heavy atom. The van der Waals surface area contributed by atoms with Gasteiger partial charge in [0.2, 0.25) is 5.91 Å². The number of unbranched alkanes of at least 4 members (excludes halogenated alkanes) is 1. The van der Waals surface area contributed by atoms with Crippen molar-refractivity contribution in [2.45, 2.75) is 107 Å². The van der Waals surface area contributed by atoms with Crippen LogP contribution in [0.15, 0.2) is 24.3 Å². The van der Waals surface area contributed by atoms with Crippen molar-refractivity contribution in [1.82, 2.24) is 9.88 Å². The summed E-state index contributed by atoms with van der Waals surface area (Å²) in [7, 11) is 3.53. The third kappa shape index (κ3) is 5.88. The summed E-state index contributed by atoms with van der Waals surface area (Å²) in [5.74, 6) is 0.853. The summed E-state index contributed by atoms with van der Waals surface area (Å²) in [6.45, 7) is 2.95. The molecule has 46 heavy (non-hydrogen) atoms. The number of carboxylic acids is 1. The number of nitrogens with zero attached hydrogens (tertiary/aromatic N) is 3. The molecule has 2 aliphatic carbocycles. The lowest BCUT2D eigenvalue weighted by atomic mass is 9.88. The molecule has 1 aromatic carbocycles. The second-order valence-corrected chi connectivity index (χ2v) is 13.9. The number of aromatic nitrogens is 1. The Balaban J connectivity index is 1.01. The third-order valence-corrected chi connectivity index (χ3v) is 11.0. The van der Waals surface area contributed by atoms with Crippen LogP contribution in [0.3, 0.4) is 0 Å². The van der Waals surface area contributed by atoms with Gasteiger partial charge in [-0.25, -0.2) is 4.98 Å². The van der Waals surface area contributed by atoms with Crippen LogP contribution in [0.5, 0.6) is 5.75 Å². The van der Waals surface area contributed by atoms with Crippen LogP contribution >= 0.6 is 0 Å². The smallest absolute Gasteiger partial charge is 0.325 e. The molecule has 3 fully saturated rings. The Bertz CT molecular complexity index is 1450. The summed E-state index contributed by atoms with van der Waals surface area (Å²) in [6.07, 6.45) is 11.0. The van der Waals surface area contributed by atoms with Gasteiger partial charge >= 0.3 is 5.97 Å². The maximum absolute atomic E-state index is 14.0. The monoisotopic (exact) mass is 632 g/mol. The summed E-state index contributed by atoms with van der Waals surface area (Å²) in [6, 6.07) is 7.42. The molecule has 2 N–H and O–H groups in total. The molecule has 7 rings (SSSR count). The number of amides is 1. The van der Waals surface area contributed by atoms with Gasteiger partial charge in [0.25, 0.3) is 0 Å². The van der Waals surface area contributed by atoms with Gasteiger partial charge in [-0.15, -0.1) is 0 Å². The number of methoxy groups -OCH3 is 1.